The highest BCUT2D eigenvalue weighted by atomic mass is 35.5. The number of carbonyl (C=O) groups is 2. The molecular formula is C18H12ClN3O6. The molecule has 0 atom stereocenters. The Balaban J connectivity index is 1.72. The van der Waals surface area contributed by atoms with E-state index in [1.807, 2.05) is 0 Å². The van der Waals surface area contributed by atoms with Crippen molar-refractivity contribution in [1.82, 2.24) is 4.98 Å². The SMILES string of the molecule is O=C(COC(=O)c1cc(=O)[nH]c2ccccc12)Nc1cc([N+](=O)[O-])ccc1Cl. The Bertz CT molecular complexity index is 1160. The maximum atomic E-state index is 12.3. The number of H-pyrrole nitrogens is 1. The molecule has 2 aromatic carbocycles. The number of anilines is 1. The number of nitrogens with zero attached hydrogens (tertiary/aromatic N) is 1. The van der Waals surface area contributed by atoms with Crippen LogP contribution in [0.4, 0.5) is 11.4 Å². The molecule has 0 radical (unpaired) electrons. The number of aromatic nitrogens is 1. The van der Waals surface area contributed by atoms with Crippen molar-refractivity contribution in [2.24, 2.45) is 0 Å². The molecule has 0 aliphatic heterocycles. The number of para-hydroxylation sites is 1. The quantitative estimate of drug-likeness (QED) is 0.384. The second-order valence-electron chi connectivity index (χ2n) is 5.64. The number of amides is 1. The summed E-state index contributed by atoms with van der Waals surface area (Å²) in [6.07, 6.45) is 0. The Labute approximate surface area is 162 Å². The molecule has 28 heavy (non-hydrogen) atoms. The lowest BCUT2D eigenvalue weighted by atomic mass is 10.1. The number of fused-ring (bicyclic) bond motifs is 1. The van der Waals surface area contributed by atoms with Gasteiger partial charge in [-0.1, -0.05) is 29.8 Å². The van der Waals surface area contributed by atoms with Crippen LogP contribution in [-0.4, -0.2) is 28.4 Å². The Morgan fingerprint density at radius 1 is 1.18 bits per heavy atom. The summed E-state index contributed by atoms with van der Waals surface area (Å²) in [5.74, 6) is -1.60. The highest BCUT2D eigenvalue weighted by Gasteiger charge is 2.16. The molecule has 0 bridgehead atoms. The van der Waals surface area contributed by atoms with Gasteiger partial charge in [0.2, 0.25) is 5.56 Å². The highest BCUT2D eigenvalue weighted by molar-refractivity contribution is 6.33. The fourth-order valence-electron chi connectivity index (χ4n) is 2.49. The standard InChI is InChI=1S/C18H12ClN3O6/c19-13-6-5-10(22(26)27)7-15(13)21-17(24)9-28-18(25)12-8-16(23)20-14-4-2-1-3-11(12)14/h1-8H,9H2,(H,20,23)(H,21,24). The summed E-state index contributed by atoms with van der Waals surface area (Å²) >= 11 is 5.90. The molecule has 0 spiro atoms. The predicted octanol–water partition coefficient (Wildman–Crippen LogP) is 2.89. The number of halogens is 1. The number of benzene rings is 2. The zero-order valence-electron chi connectivity index (χ0n) is 14.1. The molecular weight excluding hydrogens is 390 g/mol. The van der Waals surface area contributed by atoms with Gasteiger partial charge < -0.3 is 15.0 Å². The predicted molar refractivity (Wildman–Crippen MR) is 102 cm³/mol. The van der Waals surface area contributed by atoms with Crippen LogP contribution in [0.1, 0.15) is 10.4 Å². The number of hydrogen-bond acceptors (Lipinski definition) is 6. The van der Waals surface area contributed by atoms with Gasteiger partial charge in [-0.25, -0.2) is 4.79 Å². The van der Waals surface area contributed by atoms with Crippen LogP contribution in [0.5, 0.6) is 0 Å². The number of rotatable bonds is 5. The third kappa shape index (κ3) is 4.15. The highest BCUT2D eigenvalue weighted by Crippen LogP contribution is 2.26. The number of nitrogens with one attached hydrogen (secondary N) is 2. The summed E-state index contributed by atoms with van der Waals surface area (Å²) in [5.41, 5.74) is -0.265. The van der Waals surface area contributed by atoms with Gasteiger partial charge in [-0.2, -0.15) is 0 Å². The van der Waals surface area contributed by atoms with Crippen molar-refractivity contribution in [1.29, 1.82) is 0 Å². The zero-order chi connectivity index (χ0) is 20.3. The number of aromatic amines is 1. The van der Waals surface area contributed by atoms with Crippen LogP contribution in [0.2, 0.25) is 5.02 Å². The fraction of sp³-hybridized carbons (Fsp3) is 0.0556. The van der Waals surface area contributed by atoms with Crippen molar-refractivity contribution in [3.05, 3.63) is 79.6 Å². The third-order valence-corrected chi connectivity index (χ3v) is 4.07. The number of non-ortho nitro benzene ring substituents is 1. The van der Waals surface area contributed by atoms with E-state index >= 15 is 0 Å². The fourth-order valence-corrected chi connectivity index (χ4v) is 2.66. The molecule has 0 saturated carbocycles. The molecule has 1 amide bonds. The van der Waals surface area contributed by atoms with Crippen molar-refractivity contribution < 1.29 is 19.2 Å². The molecule has 0 aliphatic rings. The minimum absolute atomic E-state index is 0.0125. The summed E-state index contributed by atoms with van der Waals surface area (Å²) in [6.45, 7) is -0.668. The lowest BCUT2D eigenvalue weighted by Gasteiger charge is -2.09. The molecule has 1 heterocycles. The summed E-state index contributed by atoms with van der Waals surface area (Å²) in [7, 11) is 0. The van der Waals surface area contributed by atoms with E-state index in [4.69, 9.17) is 16.3 Å². The van der Waals surface area contributed by atoms with Crippen LogP contribution in [-0.2, 0) is 9.53 Å². The summed E-state index contributed by atoms with van der Waals surface area (Å²) in [4.78, 5) is 48.8. The number of pyridine rings is 1. The second-order valence-corrected chi connectivity index (χ2v) is 6.05. The first-order valence-electron chi connectivity index (χ1n) is 7.88. The average molecular weight is 402 g/mol. The van der Waals surface area contributed by atoms with E-state index < -0.39 is 29.0 Å². The van der Waals surface area contributed by atoms with Gasteiger partial charge in [-0.3, -0.25) is 19.7 Å². The van der Waals surface area contributed by atoms with Crippen molar-refractivity contribution in [2.75, 3.05) is 11.9 Å². The van der Waals surface area contributed by atoms with Crippen molar-refractivity contribution in [3.8, 4) is 0 Å². The van der Waals surface area contributed by atoms with Gasteiger partial charge in [0.25, 0.3) is 11.6 Å². The molecule has 3 rings (SSSR count). The number of carbonyl (C=O) groups excluding carboxylic acids is 2. The Morgan fingerprint density at radius 3 is 2.68 bits per heavy atom. The molecule has 2 N–H and O–H groups in total. The van der Waals surface area contributed by atoms with E-state index in [-0.39, 0.29) is 22.0 Å². The maximum Gasteiger partial charge on any atom is 0.339 e. The van der Waals surface area contributed by atoms with Crippen molar-refractivity contribution in [3.63, 3.8) is 0 Å². The van der Waals surface area contributed by atoms with Crippen LogP contribution < -0.4 is 10.9 Å². The largest absolute Gasteiger partial charge is 0.452 e. The number of nitro benzene ring substituents is 1. The normalized spacial score (nSPS) is 10.5. The zero-order valence-corrected chi connectivity index (χ0v) is 14.9. The molecule has 0 fully saturated rings. The Kier molecular flexibility index (Phi) is 5.37. The molecule has 0 aliphatic carbocycles. The van der Waals surface area contributed by atoms with E-state index in [1.165, 1.54) is 12.1 Å². The third-order valence-electron chi connectivity index (χ3n) is 3.74. The van der Waals surface area contributed by atoms with Gasteiger partial charge in [-0.05, 0) is 12.1 Å². The Morgan fingerprint density at radius 2 is 1.93 bits per heavy atom. The first-order valence-corrected chi connectivity index (χ1v) is 8.26. The summed E-state index contributed by atoms with van der Waals surface area (Å²) in [6, 6.07) is 11.3. The Hall–Kier alpha value is -3.72. The van der Waals surface area contributed by atoms with Crippen LogP contribution in [0.15, 0.2) is 53.3 Å². The first-order chi connectivity index (χ1) is 13.3. The molecule has 3 aromatic rings. The van der Waals surface area contributed by atoms with E-state index in [9.17, 15) is 24.5 Å². The van der Waals surface area contributed by atoms with E-state index in [2.05, 4.69) is 10.3 Å². The van der Waals surface area contributed by atoms with Crippen LogP contribution in [0, 0.1) is 10.1 Å². The van der Waals surface area contributed by atoms with Gasteiger partial charge >= 0.3 is 5.97 Å². The topological polar surface area (TPSA) is 131 Å². The number of hydrogen-bond donors (Lipinski definition) is 2. The average Bonchev–Trinajstić information content (AvgIpc) is 2.67. The number of esters is 1. The van der Waals surface area contributed by atoms with Gasteiger partial charge in [0.05, 0.1) is 21.2 Å². The van der Waals surface area contributed by atoms with Crippen LogP contribution >= 0.6 is 11.6 Å². The monoisotopic (exact) mass is 401 g/mol. The maximum absolute atomic E-state index is 12.3. The lowest BCUT2D eigenvalue weighted by molar-refractivity contribution is -0.384. The molecule has 10 heteroatoms. The second kappa shape index (κ2) is 7.89. The minimum atomic E-state index is -0.859. The smallest absolute Gasteiger partial charge is 0.339 e. The van der Waals surface area contributed by atoms with Gasteiger partial charge in [-0.15, -0.1) is 0 Å². The van der Waals surface area contributed by atoms with E-state index in [0.717, 1.165) is 12.1 Å². The van der Waals surface area contributed by atoms with Gasteiger partial charge in [0.15, 0.2) is 6.61 Å². The molecule has 9 nitrogen and oxygen atoms in total. The summed E-state index contributed by atoms with van der Waals surface area (Å²) < 4.78 is 4.96. The van der Waals surface area contributed by atoms with Crippen molar-refractivity contribution in [2.45, 2.75) is 0 Å². The van der Waals surface area contributed by atoms with Gasteiger partial charge in [0, 0.05) is 29.1 Å². The molecule has 142 valence electrons. The molecule has 0 saturated heterocycles. The van der Waals surface area contributed by atoms with Crippen molar-refractivity contribution >= 4 is 45.8 Å². The first kappa shape index (κ1) is 19.1. The van der Waals surface area contributed by atoms with Crippen LogP contribution in [0.25, 0.3) is 10.9 Å². The van der Waals surface area contributed by atoms with Gasteiger partial charge in [0.1, 0.15) is 0 Å². The summed E-state index contributed by atoms with van der Waals surface area (Å²) in [5, 5.41) is 13.7. The molecule has 0 unspecified atom stereocenters. The lowest BCUT2D eigenvalue weighted by Crippen LogP contribution is -2.22. The number of ether oxygens (including phenoxy) is 1. The van der Waals surface area contributed by atoms with E-state index in [0.29, 0.717) is 10.9 Å². The molecule has 1 aromatic heterocycles. The van der Waals surface area contributed by atoms with E-state index in [1.54, 1.807) is 24.3 Å². The van der Waals surface area contributed by atoms with Crippen LogP contribution in [0.3, 0.4) is 0 Å². The minimum Gasteiger partial charge on any atom is -0.452 e. The number of nitro groups is 1.